The minimum absolute atomic E-state index is 0.724. The summed E-state index contributed by atoms with van der Waals surface area (Å²) in [6.45, 7) is 3.60. The smallest absolute Gasteiger partial charge is 0.0840 e. The number of hydrogen-bond donors (Lipinski definition) is 1. The molecule has 1 nitrogen and oxygen atoms in total. The average Bonchev–Trinajstić information content (AvgIpc) is 2.04. The summed E-state index contributed by atoms with van der Waals surface area (Å²) in [6, 6.07) is 8.13. The Morgan fingerprint density at radius 2 is 1.77 bits per heavy atom. The molecule has 1 rings (SSSR count). The SMILES string of the molecule is CSCc1ccc(C(C)(C)O)cc1. The number of thioether (sulfide) groups is 1. The molecule has 0 saturated heterocycles. The highest BCUT2D eigenvalue weighted by Gasteiger charge is 2.14. The minimum atomic E-state index is -0.724. The lowest BCUT2D eigenvalue weighted by molar-refractivity contribution is 0.0786. The van der Waals surface area contributed by atoms with Gasteiger partial charge in [-0.2, -0.15) is 11.8 Å². The molecule has 0 bridgehead atoms. The Balaban J connectivity index is 2.81. The molecule has 0 amide bonds. The topological polar surface area (TPSA) is 20.2 Å². The second kappa shape index (κ2) is 4.16. The van der Waals surface area contributed by atoms with Crippen LogP contribution in [0.5, 0.6) is 0 Å². The van der Waals surface area contributed by atoms with Gasteiger partial charge in [-0.15, -0.1) is 0 Å². The highest BCUT2D eigenvalue weighted by atomic mass is 32.2. The van der Waals surface area contributed by atoms with Gasteiger partial charge >= 0.3 is 0 Å². The molecule has 0 aliphatic heterocycles. The molecule has 0 spiro atoms. The van der Waals surface area contributed by atoms with E-state index in [1.807, 2.05) is 12.1 Å². The van der Waals surface area contributed by atoms with E-state index in [2.05, 4.69) is 18.4 Å². The summed E-state index contributed by atoms with van der Waals surface area (Å²) in [5.74, 6) is 1.03. The largest absolute Gasteiger partial charge is 0.386 e. The molecule has 0 saturated carbocycles. The monoisotopic (exact) mass is 196 g/mol. The Labute approximate surface area is 84.2 Å². The van der Waals surface area contributed by atoms with Crippen LogP contribution in [0.4, 0.5) is 0 Å². The lowest BCUT2D eigenvalue weighted by Crippen LogP contribution is -2.15. The molecule has 1 aromatic rings. The number of rotatable bonds is 3. The van der Waals surface area contributed by atoms with E-state index in [-0.39, 0.29) is 0 Å². The molecule has 1 N–H and O–H groups in total. The van der Waals surface area contributed by atoms with Gasteiger partial charge in [0.15, 0.2) is 0 Å². The van der Waals surface area contributed by atoms with Crippen LogP contribution in [0.3, 0.4) is 0 Å². The van der Waals surface area contributed by atoms with Crippen molar-refractivity contribution in [3.05, 3.63) is 35.4 Å². The molecule has 0 aliphatic carbocycles. The zero-order valence-electron chi connectivity index (χ0n) is 8.37. The average molecular weight is 196 g/mol. The Kier molecular flexibility index (Phi) is 3.40. The molecule has 0 aromatic heterocycles. The molecule has 72 valence electrons. The van der Waals surface area contributed by atoms with Crippen molar-refractivity contribution in [1.82, 2.24) is 0 Å². The lowest BCUT2D eigenvalue weighted by atomic mass is 9.98. The summed E-state index contributed by atoms with van der Waals surface area (Å²) in [7, 11) is 0. The molecule has 0 atom stereocenters. The van der Waals surface area contributed by atoms with Crippen molar-refractivity contribution >= 4 is 11.8 Å². The molecule has 0 aliphatic rings. The van der Waals surface area contributed by atoms with Crippen LogP contribution in [-0.4, -0.2) is 11.4 Å². The summed E-state index contributed by atoms with van der Waals surface area (Å²) in [5.41, 5.74) is 1.55. The van der Waals surface area contributed by atoms with Crippen LogP contribution < -0.4 is 0 Å². The number of aliphatic hydroxyl groups is 1. The summed E-state index contributed by atoms with van der Waals surface area (Å²) in [6.07, 6.45) is 2.09. The van der Waals surface area contributed by atoms with Crippen molar-refractivity contribution in [3.8, 4) is 0 Å². The zero-order valence-corrected chi connectivity index (χ0v) is 9.19. The first-order chi connectivity index (χ1) is 6.04. The fourth-order valence-electron chi connectivity index (χ4n) is 1.18. The van der Waals surface area contributed by atoms with Gasteiger partial charge < -0.3 is 5.11 Å². The second-order valence-electron chi connectivity index (χ2n) is 3.69. The minimum Gasteiger partial charge on any atom is -0.386 e. The first-order valence-electron chi connectivity index (χ1n) is 4.35. The fraction of sp³-hybridized carbons (Fsp3) is 0.455. The molecule has 1 aromatic carbocycles. The fourth-order valence-corrected chi connectivity index (χ4v) is 1.70. The molecule has 0 radical (unpaired) electrons. The molecule has 13 heavy (non-hydrogen) atoms. The van der Waals surface area contributed by atoms with Crippen LogP contribution in [0.1, 0.15) is 25.0 Å². The van der Waals surface area contributed by atoms with Gasteiger partial charge in [-0.25, -0.2) is 0 Å². The third-order valence-corrected chi connectivity index (χ3v) is 2.59. The van der Waals surface area contributed by atoms with Crippen LogP contribution in [0.2, 0.25) is 0 Å². The van der Waals surface area contributed by atoms with Gasteiger partial charge in [0.05, 0.1) is 5.60 Å². The van der Waals surface area contributed by atoms with E-state index in [4.69, 9.17) is 0 Å². The van der Waals surface area contributed by atoms with E-state index in [0.29, 0.717) is 0 Å². The molecule has 2 heteroatoms. The molecular formula is C11H16OS. The Hall–Kier alpha value is -0.470. The van der Waals surface area contributed by atoms with E-state index in [1.54, 1.807) is 25.6 Å². The summed E-state index contributed by atoms with van der Waals surface area (Å²) in [5, 5.41) is 9.70. The van der Waals surface area contributed by atoms with Gasteiger partial charge in [0.1, 0.15) is 0 Å². The van der Waals surface area contributed by atoms with Gasteiger partial charge in [-0.05, 0) is 31.2 Å². The Morgan fingerprint density at radius 1 is 1.23 bits per heavy atom. The standard InChI is InChI=1S/C11H16OS/c1-11(2,12)10-6-4-9(5-7-10)8-13-3/h4-7,12H,8H2,1-3H3. The predicted octanol–water partition coefficient (Wildman–Crippen LogP) is 2.78. The highest BCUT2D eigenvalue weighted by molar-refractivity contribution is 7.97. The van der Waals surface area contributed by atoms with Crippen LogP contribution in [0.15, 0.2) is 24.3 Å². The molecule has 0 unspecified atom stereocenters. The van der Waals surface area contributed by atoms with Crippen molar-refractivity contribution in [1.29, 1.82) is 0 Å². The van der Waals surface area contributed by atoms with Crippen LogP contribution in [0.25, 0.3) is 0 Å². The second-order valence-corrected chi connectivity index (χ2v) is 4.55. The molecular weight excluding hydrogens is 180 g/mol. The van der Waals surface area contributed by atoms with Crippen molar-refractivity contribution in [2.24, 2.45) is 0 Å². The third kappa shape index (κ3) is 3.05. The lowest BCUT2D eigenvalue weighted by Gasteiger charge is -2.17. The molecule has 0 heterocycles. The van der Waals surface area contributed by atoms with Crippen molar-refractivity contribution in [2.45, 2.75) is 25.2 Å². The Morgan fingerprint density at radius 3 is 2.15 bits per heavy atom. The predicted molar refractivity (Wildman–Crippen MR) is 58.9 cm³/mol. The van der Waals surface area contributed by atoms with Crippen LogP contribution in [0, 0.1) is 0 Å². The van der Waals surface area contributed by atoms with E-state index in [9.17, 15) is 5.11 Å². The quantitative estimate of drug-likeness (QED) is 0.802. The van der Waals surface area contributed by atoms with Crippen molar-refractivity contribution in [2.75, 3.05) is 6.26 Å². The van der Waals surface area contributed by atoms with Gasteiger partial charge in [-0.1, -0.05) is 24.3 Å². The number of hydrogen-bond acceptors (Lipinski definition) is 2. The van der Waals surface area contributed by atoms with Crippen molar-refractivity contribution in [3.63, 3.8) is 0 Å². The van der Waals surface area contributed by atoms with Gasteiger partial charge in [0.25, 0.3) is 0 Å². The first-order valence-corrected chi connectivity index (χ1v) is 5.74. The molecule has 0 fully saturated rings. The Bertz CT molecular complexity index is 258. The maximum absolute atomic E-state index is 9.70. The maximum atomic E-state index is 9.70. The summed E-state index contributed by atoms with van der Waals surface area (Å²) in [4.78, 5) is 0. The highest BCUT2D eigenvalue weighted by Crippen LogP contribution is 2.20. The number of benzene rings is 1. The van der Waals surface area contributed by atoms with Crippen LogP contribution in [-0.2, 0) is 11.4 Å². The summed E-state index contributed by atoms with van der Waals surface area (Å²) >= 11 is 1.81. The van der Waals surface area contributed by atoms with E-state index in [0.717, 1.165) is 11.3 Å². The first kappa shape index (κ1) is 10.6. The third-order valence-electron chi connectivity index (χ3n) is 1.97. The normalized spacial score (nSPS) is 11.7. The summed E-state index contributed by atoms with van der Waals surface area (Å²) < 4.78 is 0. The van der Waals surface area contributed by atoms with E-state index >= 15 is 0 Å². The maximum Gasteiger partial charge on any atom is 0.0840 e. The van der Waals surface area contributed by atoms with E-state index < -0.39 is 5.60 Å². The van der Waals surface area contributed by atoms with Gasteiger partial charge in [0.2, 0.25) is 0 Å². The van der Waals surface area contributed by atoms with Crippen molar-refractivity contribution < 1.29 is 5.11 Å². The van der Waals surface area contributed by atoms with E-state index in [1.165, 1.54) is 5.56 Å². The van der Waals surface area contributed by atoms with Gasteiger partial charge in [-0.3, -0.25) is 0 Å². The zero-order chi connectivity index (χ0) is 9.90. The van der Waals surface area contributed by atoms with Crippen LogP contribution >= 0.6 is 11.8 Å². The van der Waals surface area contributed by atoms with Gasteiger partial charge in [0, 0.05) is 5.75 Å².